The molecule has 96 valence electrons. The van der Waals surface area contributed by atoms with E-state index in [1.165, 1.54) is 6.20 Å². The number of nitrogens with one attached hydrogen (secondary N) is 1. The molecule has 3 rings (SSSR count). The van der Waals surface area contributed by atoms with Gasteiger partial charge in [-0.3, -0.25) is 14.7 Å². The van der Waals surface area contributed by atoms with Crippen LogP contribution in [0.15, 0.2) is 36.7 Å². The number of rotatable bonds is 1. The van der Waals surface area contributed by atoms with Crippen molar-refractivity contribution in [2.24, 2.45) is 0 Å². The number of carbonyl (C=O) groups is 2. The summed E-state index contributed by atoms with van der Waals surface area (Å²) in [5.41, 5.74) is 1.82. The Morgan fingerprint density at radius 3 is 2.95 bits per heavy atom. The number of amides is 1. The van der Waals surface area contributed by atoms with Crippen LogP contribution in [0.4, 0.5) is 5.69 Å². The van der Waals surface area contributed by atoms with E-state index < -0.39 is 0 Å². The van der Waals surface area contributed by atoms with Gasteiger partial charge < -0.3 is 4.90 Å². The smallest absolute Gasteiger partial charge is 0.261 e. The fourth-order valence-electron chi connectivity index (χ4n) is 2.33. The van der Waals surface area contributed by atoms with E-state index >= 15 is 0 Å². The molecule has 1 aliphatic heterocycles. The molecular formula is C14H13N3O2. The lowest BCUT2D eigenvalue weighted by molar-refractivity contribution is 0.0974. The van der Waals surface area contributed by atoms with Gasteiger partial charge in [-0.2, -0.15) is 5.10 Å². The molecule has 1 N–H and O–H groups in total. The van der Waals surface area contributed by atoms with Crippen LogP contribution in [-0.2, 0) is 0 Å². The highest BCUT2D eigenvalue weighted by Gasteiger charge is 2.25. The Hall–Kier alpha value is -2.43. The minimum absolute atomic E-state index is 0.0955. The zero-order valence-electron chi connectivity index (χ0n) is 10.3. The molecule has 0 radical (unpaired) electrons. The number of benzene rings is 1. The van der Waals surface area contributed by atoms with E-state index in [0.29, 0.717) is 36.2 Å². The van der Waals surface area contributed by atoms with Crippen LogP contribution in [0.2, 0.25) is 0 Å². The lowest BCUT2D eigenvalue weighted by atomic mass is 10.1. The lowest BCUT2D eigenvalue weighted by Gasteiger charge is -2.21. The average molecular weight is 255 g/mol. The summed E-state index contributed by atoms with van der Waals surface area (Å²) >= 11 is 0. The van der Waals surface area contributed by atoms with Gasteiger partial charge in [0, 0.05) is 24.7 Å². The molecule has 1 aromatic carbocycles. The van der Waals surface area contributed by atoms with Crippen LogP contribution in [-0.4, -0.2) is 28.4 Å². The summed E-state index contributed by atoms with van der Waals surface area (Å²) in [6.45, 7) is 0.548. The fourth-order valence-corrected chi connectivity index (χ4v) is 2.33. The molecule has 0 saturated carbocycles. The van der Waals surface area contributed by atoms with Gasteiger partial charge in [0.2, 0.25) is 0 Å². The van der Waals surface area contributed by atoms with Gasteiger partial charge in [0.15, 0.2) is 5.78 Å². The van der Waals surface area contributed by atoms with Crippen LogP contribution in [0.25, 0.3) is 0 Å². The lowest BCUT2D eigenvalue weighted by Crippen LogP contribution is -2.31. The molecule has 1 amide bonds. The van der Waals surface area contributed by atoms with E-state index in [0.717, 1.165) is 0 Å². The molecule has 0 aliphatic carbocycles. The van der Waals surface area contributed by atoms with E-state index in [9.17, 15) is 9.59 Å². The number of ketones is 1. The molecule has 1 aromatic heterocycles. The zero-order valence-corrected chi connectivity index (χ0v) is 10.3. The number of para-hydroxylation sites is 1. The molecule has 5 heteroatoms. The first-order valence-electron chi connectivity index (χ1n) is 6.20. The third kappa shape index (κ3) is 2.03. The van der Waals surface area contributed by atoms with E-state index in [4.69, 9.17) is 0 Å². The maximum absolute atomic E-state index is 12.4. The van der Waals surface area contributed by atoms with E-state index in [1.807, 2.05) is 18.2 Å². The maximum Gasteiger partial charge on any atom is 0.261 e. The molecule has 0 spiro atoms. The molecule has 2 heterocycles. The quantitative estimate of drug-likeness (QED) is 0.847. The van der Waals surface area contributed by atoms with Crippen molar-refractivity contribution in [3.8, 4) is 0 Å². The standard InChI is InChI=1S/C14H13N3O2/c18-13-6-3-7-17(12-5-2-1-4-11(12)13)14(19)10-8-15-16-9-10/h1-2,4-5,8-9H,3,6-7H2,(H,15,16). The molecule has 2 aromatic rings. The van der Waals surface area contributed by atoms with Crippen molar-refractivity contribution in [3.63, 3.8) is 0 Å². The number of H-pyrrole nitrogens is 1. The number of carbonyl (C=O) groups excluding carboxylic acids is 2. The zero-order chi connectivity index (χ0) is 13.2. The summed E-state index contributed by atoms with van der Waals surface area (Å²) in [5, 5.41) is 6.43. The van der Waals surface area contributed by atoms with Crippen LogP contribution in [0.3, 0.4) is 0 Å². The van der Waals surface area contributed by atoms with Gasteiger partial charge in [-0.15, -0.1) is 0 Å². The topological polar surface area (TPSA) is 66.1 Å². The monoisotopic (exact) mass is 255 g/mol. The normalized spacial score (nSPS) is 14.9. The molecule has 0 saturated heterocycles. The molecule has 1 aliphatic rings. The van der Waals surface area contributed by atoms with Gasteiger partial charge in [0.1, 0.15) is 0 Å². The van der Waals surface area contributed by atoms with Gasteiger partial charge in [-0.1, -0.05) is 12.1 Å². The molecule has 0 fully saturated rings. The predicted octanol–water partition coefficient (Wildman–Crippen LogP) is 2.03. The maximum atomic E-state index is 12.4. The second kappa shape index (κ2) is 4.68. The number of anilines is 1. The van der Waals surface area contributed by atoms with Crippen LogP contribution in [0.5, 0.6) is 0 Å². The minimum atomic E-state index is -0.129. The number of fused-ring (bicyclic) bond motifs is 1. The van der Waals surface area contributed by atoms with Crippen molar-refractivity contribution in [1.29, 1.82) is 0 Å². The second-order valence-corrected chi connectivity index (χ2v) is 4.49. The molecule has 0 atom stereocenters. The van der Waals surface area contributed by atoms with Gasteiger partial charge in [-0.25, -0.2) is 0 Å². The summed E-state index contributed by atoms with van der Waals surface area (Å²) in [7, 11) is 0. The van der Waals surface area contributed by atoms with Crippen LogP contribution in [0.1, 0.15) is 33.6 Å². The Balaban J connectivity index is 2.04. The van der Waals surface area contributed by atoms with Gasteiger partial charge >= 0.3 is 0 Å². The van der Waals surface area contributed by atoms with Gasteiger partial charge in [0.05, 0.1) is 17.4 Å². The fraction of sp³-hybridized carbons (Fsp3) is 0.214. The minimum Gasteiger partial charge on any atom is -0.308 e. The molecular weight excluding hydrogens is 242 g/mol. The third-order valence-corrected chi connectivity index (χ3v) is 3.27. The van der Waals surface area contributed by atoms with Crippen LogP contribution in [0, 0.1) is 0 Å². The van der Waals surface area contributed by atoms with Crippen molar-refractivity contribution < 1.29 is 9.59 Å². The van der Waals surface area contributed by atoms with Gasteiger partial charge in [0.25, 0.3) is 5.91 Å². The summed E-state index contributed by atoms with van der Waals surface area (Å²) < 4.78 is 0. The first kappa shape index (κ1) is 11.6. The van der Waals surface area contributed by atoms with E-state index in [2.05, 4.69) is 10.2 Å². The number of hydrogen-bond donors (Lipinski definition) is 1. The van der Waals surface area contributed by atoms with Crippen molar-refractivity contribution in [1.82, 2.24) is 10.2 Å². The third-order valence-electron chi connectivity index (χ3n) is 3.27. The van der Waals surface area contributed by atoms with Gasteiger partial charge in [-0.05, 0) is 18.6 Å². The van der Waals surface area contributed by atoms with Crippen molar-refractivity contribution in [3.05, 3.63) is 47.8 Å². The van der Waals surface area contributed by atoms with Crippen molar-refractivity contribution in [2.75, 3.05) is 11.4 Å². The predicted molar refractivity (Wildman–Crippen MR) is 70.3 cm³/mol. The Morgan fingerprint density at radius 1 is 1.32 bits per heavy atom. The van der Waals surface area contributed by atoms with Crippen LogP contribution >= 0.6 is 0 Å². The number of Topliss-reactive ketones (excluding diaryl/α,β-unsaturated/α-hetero) is 1. The summed E-state index contributed by atoms with van der Waals surface area (Å²) in [4.78, 5) is 26.1. The average Bonchev–Trinajstić information content (AvgIpc) is 2.91. The van der Waals surface area contributed by atoms with Crippen molar-refractivity contribution >= 4 is 17.4 Å². The first-order valence-corrected chi connectivity index (χ1v) is 6.20. The molecule has 5 nitrogen and oxygen atoms in total. The highest BCUT2D eigenvalue weighted by molar-refractivity contribution is 6.11. The number of hydrogen-bond acceptors (Lipinski definition) is 3. The Labute approximate surface area is 110 Å². The largest absolute Gasteiger partial charge is 0.308 e. The second-order valence-electron chi connectivity index (χ2n) is 4.49. The Kier molecular flexibility index (Phi) is 2.87. The number of nitrogens with zero attached hydrogens (tertiary/aromatic N) is 2. The Bertz CT molecular complexity index is 619. The van der Waals surface area contributed by atoms with E-state index in [1.54, 1.807) is 17.2 Å². The summed E-state index contributed by atoms with van der Waals surface area (Å²) in [5.74, 6) is -0.0333. The summed E-state index contributed by atoms with van der Waals surface area (Å²) in [6, 6.07) is 7.25. The number of aromatic amines is 1. The molecule has 19 heavy (non-hydrogen) atoms. The highest BCUT2D eigenvalue weighted by Crippen LogP contribution is 2.27. The highest BCUT2D eigenvalue weighted by atomic mass is 16.2. The SMILES string of the molecule is O=C1CCCN(C(=O)c2cn[nH]c2)c2ccccc21. The van der Waals surface area contributed by atoms with Crippen LogP contribution < -0.4 is 4.90 Å². The summed E-state index contributed by atoms with van der Waals surface area (Å²) in [6.07, 6.45) is 4.22. The van der Waals surface area contributed by atoms with E-state index in [-0.39, 0.29) is 11.7 Å². The molecule has 0 bridgehead atoms. The Morgan fingerprint density at radius 2 is 2.16 bits per heavy atom. The van der Waals surface area contributed by atoms with Crippen molar-refractivity contribution in [2.45, 2.75) is 12.8 Å². The first-order chi connectivity index (χ1) is 9.27. The number of aromatic nitrogens is 2. The molecule has 0 unspecified atom stereocenters.